The third-order valence-electron chi connectivity index (χ3n) is 2.19. The molecule has 0 spiro atoms. The van der Waals surface area contributed by atoms with E-state index in [4.69, 9.17) is 17.3 Å². The lowest BCUT2D eigenvalue weighted by Gasteiger charge is -2.22. The summed E-state index contributed by atoms with van der Waals surface area (Å²) < 4.78 is 27.0. The minimum atomic E-state index is -3.91. The summed E-state index contributed by atoms with van der Waals surface area (Å²) >= 11 is 9.03. The number of hydrogen-bond acceptors (Lipinski definition) is 3. The van der Waals surface area contributed by atoms with Gasteiger partial charge in [0.15, 0.2) is 0 Å². The van der Waals surface area contributed by atoms with Crippen LogP contribution in [0.5, 0.6) is 0 Å². The molecule has 3 N–H and O–H groups in total. The normalized spacial score (nSPS) is 12.4. The maximum Gasteiger partial charge on any atom is 0.243 e. The molecule has 0 radical (unpaired) electrons. The van der Waals surface area contributed by atoms with Crippen LogP contribution in [0.2, 0.25) is 5.02 Å². The first-order valence-electron chi connectivity index (χ1n) is 4.85. The van der Waals surface area contributed by atoms with Crippen LogP contribution in [-0.2, 0) is 14.8 Å². The van der Waals surface area contributed by atoms with E-state index in [1.807, 2.05) is 0 Å². The highest BCUT2D eigenvalue weighted by molar-refractivity contribution is 9.10. The summed E-state index contributed by atoms with van der Waals surface area (Å²) in [5.41, 5.74) is 3.72. The Balaban J connectivity index is 3.19. The number of benzene rings is 1. The average molecular weight is 356 g/mol. The minimum absolute atomic E-state index is 0.0529. The van der Waals surface area contributed by atoms with Gasteiger partial charge in [-0.2, -0.15) is 4.72 Å². The van der Waals surface area contributed by atoms with E-state index in [2.05, 4.69) is 20.7 Å². The molecule has 1 aromatic rings. The van der Waals surface area contributed by atoms with E-state index in [-0.39, 0.29) is 9.92 Å². The molecule has 100 valence electrons. The van der Waals surface area contributed by atoms with Gasteiger partial charge in [-0.1, -0.05) is 27.5 Å². The lowest BCUT2D eigenvalue weighted by atomic mass is 10.1. The second-order valence-corrected chi connectivity index (χ2v) is 7.14. The van der Waals surface area contributed by atoms with Gasteiger partial charge in [0, 0.05) is 4.47 Å². The van der Waals surface area contributed by atoms with Crippen molar-refractivity contribution in [1.82, 2.24) is 4.72 Å². The van der Waals surface area contributed by atoms with Crippen LogP contribution in [0.4, 0.5) is 0 Å². The van der Waals surface area contributed by atoms with E-state index >= 15 is 0 Å². The molecule has 0 saturated carbocycles. The van der Waals surface area contributed by atoms with Gasteiger partial charge < -0.3 is 5.73 Å². The fraction of sp³-hybridized carbons (Fsp3) is 0.300. The molecule has 0 saturated heterocycles. The maximum atomic E-state index is 12.1. The van der Waals surface area contributed by atoms with Gasteiger partial charge >= 0.3 is 0 Å². The highest BCUT2D eigenvalue weighted by atomic mass is 79.9. The van der Waals surface area contributed by atoms with E-state index in [1.165, 1.54) is 32.0 Å². The third-order valence-corrected chi connectivity index (χ3v) is 4.82. The molecular formula is C10H12BrClN2O3S. The second-order valence-electron chi connectivity index (χ2n) is 4.17. The highest BCUT2D eigenvalue weighted by Gasteiger charge is 2.32. The van der Waals surface area contributed by atoms with Gasteiger partial charge in [-0.3, -0.25) is 4.79 Å². The Morgan fingerprint density at radius 3 is 2.44 bits per heavy atom. The lowest BCUT2D eigenvalue weighted by Crippen LogP contribution is -2.52. The summed E-state index contributed by atoms with van der Waals surface area (Å²) in [6, 6.07) is 4.33. The van der Waals surface area contributed by atoms with Gasteiger partial charge in [-0.15, -0.1) is 0 Å². The summed E-state index contributed by atoms with van der Waals surface area (Å²) in [5, 5.41) is 0.0529. The molecule has 0 heterocycles. The Bertz CT molecular complexity index is 587. The zero-order valence-electron chi connectivity index (χ0n) is 9.70. The van der Waals surface area contributed by atoms with Crippen molar-refractivity contribution in [2.75, 3.05) is 0 Å². The van der Waals surface area contributed by atoms with Crippen molar-refractivity contribution in [3.63, 3.8) is 0 Å². The smallest absolute Gasteiger partial charge is 0.243 e. The standard InChI is InChI=1S/C10H12BrClN2O3S/c1-10(2,9(13)15)14-18(16,17)8-4-3-6(11)5-7(8)12/h3-5,14H,1-2H3,(H2,13,15). The SMILES string of the molecule is CC(C)(NS(=O)(=O)c1ccc(Br)cc1Cl)C(N)=O. The Morgan fingerprint density at radius 2 is 2.00 bits per heavy atom. The molecule has 1 rings (SSSR count). The molecule has 18 heavy (non-hydrogen) atoms. The number of hydrogen-bond donors (Lipinski definition) is 2. The second kappa shape index (κ2) is 5.16. The highest BCUT2D eigenvalue weighted by Crippen LogP contribution is 2.25. The number of carbonyl (C=O) groups is 1. The molecule has 0 bridgehead atoms. The first kappa shape index (κ1) is 15.4. The van der Waals surface area contributed by atoms with Crippen LogP contribution in [0.15, 0.2) is 27.6 Å². The number of primary amides is 1. The molecule has 8 heteroatoms. The first-order valence-corrected chi connectivity index (χ1v) is 7.50. The average Bonchev–Trinajstić information content (AvgIpc) is 2.14. The van der Waals surface area contributed by atoms with Gasteiger partial charge in [0.05, 0.1) is 5.02 Å². The summed E-state index contributed by atoms with van der Waals surface area (Å²) in [7, 11) is -3.91. The lowest BCUT2D eigenvalue weighted by molar-refractivity contribution is -0.122. The topological polar surface area (TPSA) is 89.3 Å². The van der Waals surface area contributed by atoms with E-state index in [1.54, 1.807) is 0 Å². The van der Waals surface area contributed by atoms with E-state index in [0.717, 1.165) is 0 Å². The molecule has 0 aliphatic rings. The Morgan fingerprint density at radius 1 is 1.44 bits per heavy atom. The van der Waals surface area contributed by atoms with E-state index < -0.39 is 21.5 Å². The van der Waals surface area contributed by atoms with Gasteiger partial charge in [0.1, 0.15) is 10.4 Å². The van der Waals surface area contributed by atoms with Crippen LogP contribution >= 0.6 is 27.5 Å². The van der Waals surface area contributed by atoms with Crippen molar-refractivity contribution in [3.8, 4) is 0 Å². The van der Waals surface area contributed by atoms with Crippen LogP contribution < -0.4 is 10.5 Å². The van der Waals surface area contributed by atoms with Gasteiger partial charge in [-0.05, 0) is 32.0 Å². The van der Waals surface area contributed by atoms with Gasteiger partial charge in [0.2, 0.25) is 15.9 Å². The molecular weight excluding hydrogens is 344 g/mol. The fourth-order valence-electron chi connectivity index (χ4n) is 1.13. The van der Waals surface area contributed by atoms with E-state index in [9.17, 15) is 13.2 Å². The first-order chi connectivity index (χ1) is 8.06. The third kappa shape index (κ3) is 3.44. The van der Waals surface area contributed by atoms with Crippen LogP contribution in [0, 0.1) is 0 Å². The maximum absolute atomic E-state index is 12.1. The number of amides is 1. The van der Waals surface area contributed by atoms with E-state index in [0.29, 0.717) is 4.47 Å². The molecule has 0 unspecified atom stereocenters. The molecule has 0 atom stereocenters. The monoisotopic (exact) mass is 354 g/mol. The number of nitrogens with two attached hydrogens (primary N) is 1. The number of carbonyl (C=O) groups excluding carboxylic acids is 1. The molecule has 0 aliphatic carbocycles. The Labute approximate surface area is 119 Å². The molecule has 0 aliphatic heterocycles. The number of sulfonamides is 1. The molecule has 5 nitrogen and oxygen atoms in total. The number of nitrogens with one attached hydrogen (secondary N) is 1. The van der Waals surface area contributed by atoms with Crippen molar-refractivity contribution in [1.29, 1.82) is 0 Å². The van der Waals surface area contributed by atoms with Crippen molar-refractivity contribution in [2.24, 2.45) is 5.73 Å². The summed E-state index contributed by atoms with van der Waals surface area (Å²) in [4.78, 5) is 11.0. The zero-order chi connectivity index (χ0) is 14.1. The van der Waals surface area contributed by atoms with Crippen molar-refractivity contribution < 1.29 is 13.2 Å². The molecule has 1 amide bonds. The van der Waals surface area contributed by atoms with Crippen molar-refractivity contribution in [3.05, 3.63) is 27.7 Å². The summed E-state index contributed by atoms with van der Waals surface area (Å²) in [5.74, 6) is -0.778. The predicted molar refractivity (Wildman–Crippen MR) is 72.7 cm³/mol. The van der Waals surface area contributed by atoms with Crippen molar-refractivity contribution >= 4 is 43.5 Å². The Hall–Kier alpha value is -0.630. The fourth-order valence-corrected chi connectivity index (χ4v) is 3.56. The minimum Gasteiger partial charge on any atom is -0.368 e. The predicted octanol–water partition coefficient (Wildman–Crippen LogP) is 1.64. The van der Waals surface area contributed by atoms with Crippen LogP contribution in [-0.4, -0.2) is 19.9 Å². The summed E-state index contributed by atoms with van der Waals surface area (Å²) in [6.45, 7) is 2.75. The van der Waals surface area contributed by atoms with Crippen molar-refractivity contribution in [2.45, 2.75) is 24.3 Å². The number of halogens is 2. The summed E-state index contributed by atoms with van der Waals surface area (Å²) in [6.07, 6.45) is 0. The molecule has 1 aromatic carbocycles. The van der Waals surface area contributed by atoms with Crippen LogP contribution in [0.25, 0.3) is 0 Å². The van der Waals surface area contributed by atoms with Gasteiger partial charge in [-0.25, -0.2) is 8.42 Å². The quantitative estimate of drug-likeness (QED) is 0.860. The van der Waals surface area contributed by atoms with Crippen LogP contribution in [0.1, 0.15) is 13.8 Å². The van der Waals surface area contributed by atoms with Gasteiger partial charge in [0.25, 0.3) is 0 Å². The molecule has 0 fully saturated rings. The van der Waals surface area contributed by atoms with Crippen LogP contribution in [0.3, 0.4) is 0 Å². The Kier molecular flexibility index (Phi) is 4.42. The molecule has 0 aromatic heterocycles. The zero-order valence-corrected chi connectivity index (χ0v) is 12.9. The number of rotatable bonds is 4. The largest absolute Gasteiger partial charge is 0.368 e.